The minimum atomic E-state index is -0.293. The zero-order chi connectivity index (χ0) is 21.6. The smallest absolute Gasteiger partial charge is 0.338 e. The van der Waals surface area contributed by atoms with E-state index in [2.05, 4.69) is 10.6 Å². The number of unbranched alkanes of at least 4 members (excludes halogenated alkanes) is 1. The molecule has 1 aromatic heterocycles. The molecule has 1 fully saturated rings. The Morgan fingerprint density at radius 1 is 0.968 bits per heavy atom. The second-order valence-electron chi connectivity index (χ2n) is 7.76. The van der Waals surface area contributed by atoms with Crippen LogP contribution in [0.1, 0.15) is 39.1 Å². The van der Waals surface area contributed by atoms with Gasteiger partial charge in [-0.1, -0.05) is 36.4 Å². The van der Waals surface area contributed by atoms with Gasteiger partial charge in [-0.2, -0.15) is 0 Å². The molecule has 0 aliphatic carbocycles. The predicted octanol–water partition coefficient (Wildman–Crippen LogP) is 3.92. The zero-order valence-corrected chi connectivity index (χ0v) is 17.9. The van der Waals surface area contributed by atoms with Gasteiger partial charge in [-0.3, -0.25) is 4.79 Å². The van der Waals surface area contributed by atoms with Gasteiger partial charge in [-0.15, -0.1) is 0 Å². The van der Waals surface area contributed by atoms with E-state index in [4.69, 9.17) is 9.47 Å². The molecule has 0 bridgehead atoms. The fraction of sp³-hybridized carbons (Fsp3) is 0.360. The average molecular weight is 421 g/mol. The fourth-order valence-corrected chi connectivity index (χ4v) is 4.18. The van der Waals surface area contributed by atoms with Crippen LogP contribution in [0.5, 0.6) is 0 Å². The molecule has 2 heterocycles. The van der Waals surface area contributed by atoms with E-state index in [1.165, 1.54) is 7.11 Å². The Balaban J connectivity index is 1.45. The molecule has 0 N–H and O–H groups in total. The lowest BCUT2D eigenvalue weighted by Gasteiger charge is -2.26. The van der Waals surface area contributed by atoms with E-state index >= 15 is 0 Å². The third kappa shape index (κ3) is 4.64. The van der Waals surface area contributed by atoms with Gasteiger partial charge in [0.05, 0.1) is 31.5 Å². The number of para-hydroxylation sites is 1. The van der Waals surface area contributed by atoms with Crippen molar-refractivity contribution in [3.63, 3.8) is 0 Å². The van der Waals surface area contributed by atoms with Crippen LogP contribution in [0.2, 0.25) is 0 Å². The summed E-state index contributed by atoms with van der Waals surface area (Å²) in [6, 6.07) is 15.7. The SMILES string of the molecule is COC(=O)c1ccccc1CCCCn1cc(C(=O)N2CCOCC2)c2ccccc21. The number of fused-ring (bicyclic) bond motifs is 1. The van der Waals surface area contributed by atoms with E-state index in [1.807, 2.05) is 53.6 Å². The summed E-state index contributed by atoms with van der Waals surface area (Å²) in [7, 11) is 1.41. The summed E-state index contributed by atoms with van der Waals surface area (Å²) in [6.45, 7) is 3.28. The second-order valence-corrected chi connectivity index (χ2v) is 7.76. The number of hydrogen-bond donors (Lipinski definition) is 0. The van der Waals surface area contributed by atoms with E-state index in [9.17, 15) is 9.59 Å². The highest BCUT2D eigenvalue weighted by atomic mass is 16.5. The number of methoxy groups -OCH3 is 1. The summed E-state index contributed by atoms with van der Waals surface area (Å²) in [5, 5.41) is 0.995. The molecule has 0 atom stereocenters. The van der Waals surface area contributed by atoms with E-state index in [0.29, 0.717) is 31.9 Å². The van der Waals surface area contributed by atoms with Crippen LogP contribution < -0.4 is 0 Å². The van der Waals surface area contributed by atoms with Crippen molar-refractivity contribution >= 4 is 22.8 Å². The van der Waals surface area contributed by atoms with Crippen LogP contribution in [0.4, 0.5) is 0 Å². The quantitative estimate of drug-likeness (QED) is 0.429. The maximum Gasteiger partial charge on any atom is 0.338 e. The lowest BCUT2D eigenvalue weighted by atomic mass is 10.0. The van der Waals surface area contributed by atoms with E-state index in [-0.39, 0.29) is 11.9 Å². The average Bonchev–Trinajstić information content (AvgIpc) is 3.20. The van der Waals surface area contributed by atoms with Crippen LogP contribution in [0.3, 0.4) is 0 Å². The number of hydrogen-bond acceptors (Lipinski definition) is 4. The number of rotatable bonds is 7. The van der Waals surface area contributed by atoms with Crippen LogP contribution in [0, 0.1) is 0 Å². The summed E-state index contributed by atoms with van der Waals surface area (Å²) in [4.78, 5) is 26.9. The summed E-state index contributed by atoms with van der Waals surface area (Å²) in [5.74, 6) is -0.219. The van der Waals surface area contributed by atoms with Crippen LogP contribution in [-0.4, -0.2) is 54.8 Å². The largest absolute Gasteiger partial charge is 0.465 e. The molecule has 31 heavy (non-hydrogen) atoms. The molecule has 3 aromatic rings. The minimum Gasteiger partial charge on any atom is -0.465 e. The maximum absolute atomic E-state index is 13.1. The number of carbonyl (C=O) groups is 2. The van der Waals surface area contributed by atoms with Crippen molar-refractivity contribution in [3.8, 4) is 0 Å². The lowest BCUT2D eigenvalue weighted by molar-refractivity contribution is 0.0304. The molecular weight excluding hydrogens is 392 g/mol. The first-order valence-electron chi connectivity index (χ1n) is 10.8. The van der Waals surface area contributed by atoms with Crippen LogP contribution in [0.25, 0.3) is 10.9 Å². The van der Waals surface area contributed by atoms with Crippen LogP contribution in [0.15, 0.2) is 54.7 Å². The third-order valence-electron chi connectivity index (χ3n) is 5.84. The summed E-state index contributed by atoms with van der Waals surface area (Å²) < 4.78 is 12.4. The highest BCUT2D eigenvalue weighted by Gasteiger charge is 2.22. The van der Waals surface area contributed by atoms with E-state index in [0.717, 1.165) is 47.8 Å². The van der Waals surface area contributed by atoms with Gasteiger partial charge in [0.25, 0.3) is 5.91 Å². The standard InChI is InChI=1S/C25H28N2O4/c1-30-25(29)20-10-3-2-8-19(20)9-6-7-13-27-18-22(21-11-4-5-12-23(21)27)24(28)26-14-16-31-17-15-26/h2-5,8,10-12,18H,6-7,9,13-17H2,1H3. The fourth-order valence-electron chi connectivity index (χ4n) is 4.18. The van der Waals surface area contributed by atoms with Crippen LogP contribution in [-0.2, 0) is 22.4 Å². The Bertz CT molecular complexity index is 1070. The molecule has 0 spiro atoms. The highest BCUT2D eigenvalue weighted by molar-refractivity contribution is 6.07. The first-order chi connectivity index (χ1) is 15.2. The Labute approximate surface area is 182 Å². The Kier molecular flexibility index (Phi) is 6.67. The molecular formula is C25H28N2O4. The minimum absolute atomic E-state index is 0.0743. The van der Waals surface area contributed by atoms with Crippen molar-refractivity contribution in [1.82, 2.24) is 9.47 Å². The molecule has 2 aromatic carbocycles. The maximum atomic E-state index is 13.1. The normalized spacial score (nSPS) is 14.0. The molecule has 6 heteroatoms. The lowest BCUT2D eigenvalue weighted by Crippen LogP contribution is -2.40. The summed E-state index contributed by atoms with van der Waals surface area (Å²) in [5.41, 5.74) is 3.48. The van der Waals surface area contributed by atoms with Gasteiger partial charge < -0.3 is 18.9 Å². The molecule has 162 valence electrons. The number of carbonyl (C=O) groups excluding carboxylic acids is 2. The van der Waals surface area contributed by atoms with Gasteiger partial charge in [-0.25, -0.2) is 4.79 Å². The molecule has 1 aliphatic rings. The van der Waals surface area contributed by atoms with Gasteiger partial charge in [0.1, 0.15) is 0 Å². The number of nitrogens with zero attached hydrogens (tertiary/aromatic N) is 2. The first-order valence-corrected chi connectivity index (χ1v) is 10.8. The Hall–Kier alpha value is -3.12. The molecule has 1 saturated heterocycles. The molecule has 1 aliphatic heterocycles. The van der Waals surface area contributed by atoms with Gasteiger partial charge in [0.15, 0.2) is 0 Å². The first kappa shape index (κ1) is 21.1. The molecule has 0 radical (unpaired) electrons. The topological polar surface area (TPSA) is 60.8 Å². The number of benzene rings is 2. The van der Waals surface area contributed by atoms with Crippen molar-refractivity contribution in [3.05, 3.63) is 71.4 Å². The van der Waals surface area contributed by atoms with Gasteiger partial charge >= 0.3 is 5.97 Å². The Morgan fingerprint density at radius 3 is 2.52 bits per heavy atom. The number of aryl methyl sites for hydroxylation is 2. The number of esters is 1. The molecule has 0 unspecified atom stereocenters. The number of ether oxygens (including phenoxy) is 2. The molecule has 0 saturated carbocycles. The van der Waals surface area contributed by atoms with E-state index in [1.54, 1.807) is 0 Å². The number of morpholine rings is 1. The molecule has 1 amide bonds. The van der Waals surface area contributed by atoms with Gasteiger partial charge in [0.2, 0.25) is 0 Å². The van der Waals surface area contributed by atoms with Crippen molar-refractivity contribution in [2.24, 2.45) is 0 Å². The second kappa shape index (κ2) is 9.79. The predicted molar refractivity (Wildman–Crippen MR) is 119 cm³/mol. The third-order valence-corrected chi connectivity index (χ3v) is 5.84. The van der Waals surface area contributed by atoms with Gasteiger partial charge in [0, 0.05) is 36.7 Å². The highest BCUT2D eigenvalue weighted by Crippen LogP contribution is 2.24. The zero-order valence-electron chi connectivity index (χ0n) is 17.9. The van der Waals surface area contributed by atoms with E-state index < -0.39 is 0 Å². The molecule has 6 nitrogen and oxygen atoms in total. The summed E-state index contributed by atoms with van der Waals surface area (Å²) >= 11 is 0. The van der Waals surface area contributed by atoms with Crippen molar-refractivity contribution in [1.29, 1.82) is 0 Å². The van der Waals surface area contributed by atoms with Crippen LogP contribution >= 0.6 is 0 Å². The molecule has 4 rings (SSSR count). The Morgan fingerprint density at radius 2 is 1.71 bits per heavy atom. The monoisotopic (exact) mass is 420 g/mol. The number of aromatic nitrogens is 1. The van der Waals surface area contributed by atoms with Crippen molar-refractivity contribution in [2.45, 2.75) is 25.8 Å². The van der Waals surface area contributed by atoms with Gasteiger partial charge in [-0.05, 0) is 37.0 Å². The van der Waals surface area contributed by atoms with Crippen molar-refractivity contribution < 1.29 is 19.1 Å². The summed E-state index contributed by atoms with van der Waals surface area (Å²) in [6.07, 6.45) is 4.68. The number of amides is 1. The van der Waals surface area contributed by atoms with Crippen molar-refractivity contribution in [2.75, 3.05) is 33.4 Å².